The van der Waals surface area contributed by atoms with Crippen molar-refractivity contribution < 1.29 is 18.3 Å². The molecule has 0 spiro atoms. The molecule has 2 N–H and O–H groups in total. The maximum atomic E-state index is 11.8. The van der Waals surface area contributed by atoms with Crippen molar-refractivity contribution in [2.24, 2.45) is 0 Å². The minimum Gasteiger partial charge on any atom is -0.395 e. The molecule has 0 aliphatic heterocycles. The van der Waals surface area contributed by atoms with Crippen LogP contribution in [0.1, 0.15) is 29.3 Å². The highest BCUT2D eigenvalue weighted by molar-refractivity contribution is 7.91. The number of amides is 1. The van der Waals surface area contributed by atoms with E-state index in [4.69, 9.17) is 5.11 Å². The van der Waals surface area contributed by atoms with Crippen molar-refractivity contribution in [3.8, 4) is 11.8 Å². The van der Waals surface area contributed by atoms with Crippen LogP contribution in [0.25, 0.3) is 0 Å². The van der Waals surface area contributed by atoms with Crippen LogP contribution in [-0.4, -0.2) is 44.1 Å². The van der Waals surface area contributed by atoms with Crippen molar-refractivity contribution in [1.82, 2.24) is 5.32 Å². The number of nitrogens with one attached hydrogen (secondary N) is 1. The first-order chi connectivity index (χ1) is 9.98. The third-order valence-corrected chi connectivity index (χ3v) is 4.46. The average molecular weight is 309 g/mol. The van der Waals surface area contributed by atoms with Crippen molar-refractivity contribution in [1.29, 1.82) is 0 Å². The smallest absolute Gasteiger partial charge is 0.251 e. The number of carbonyl (C=O) groups excluding carboxylic acids is 1. The largest absolute Gasteiger partial charge is 0.395 e. The van der Waals surface area contributed by atoms with Crippen LogP contribution in [0.3, 0.4) is 0 Å². The van der Waals surface area contributed by atoms with Gasteiger partial charge in [0.2, 0.25) is 0 Å². The molecule has 1 amide bonds. The van der Waals surface area contributed by atoms with E-state index in [1.807, 2.05) is 0 Å². The second-order valence-electron chi connectivity index (χ2n) is 4.35. The van der Waals surface area contributed by atoms with E-state index in [0.717, 1.165) is 5.56 Å². The van der Waals surface area contributed by atoms with Crippen LogP contribution in [0.15, 0.2) is 24.3 Å². The SMILES string of the molecule is CCS(=O)(=O)CCNC(=O)c1ccc(C#CCCO)cc1. The Morgan fingerprint density at radius 2 is 1.95 bits per heavy atom. The van der Waals surface area contributed by atoms with Crippen LogP contribution in [-0.2, 0) is 9.84 Å². The summed E-state index contributed by atoms with van der Waals surface area (Å²) in [6, 6.07) is 6.68. The second-order valence-corrected chi connectivity index (χ2v) is 6.82. The van der Waals surface area contributed by atoms with Crippen molar-refractivity contribution >= 4 is 15.7 Å². The Bertz CT molecular complexity index is 624. The topological polar surface area (TPSA) is 83.5 Å². The predicted molar refractivity (Wildman–Crippen MR) is 81.7 cm³/mol. The monoisotopic (exact) mass is 309 g/mol. The molecule has 0 aliphatic rings. The lowest BCUT2D eigenvalue weighted by molar-refractivity contribution is 0.0956. The maximum Gasteiger partial charge on any atom is 0.251 e. The van der Waals surface area contributed by atoms with Gasteiger partial charge < -0.3 is 10.4 Å². The van der Waals surface area contributed by atoms with Crippen molar-refractivity contribution in [2.45, 2.75) is 13.3 Å². The molecule has 0 aliphatic carbocycles. The van der Waals surface area contributed by atoms with Gasteiger partial charge in [0.25, 0.3) is 5.91 Å². The number of hydrogen-bond acceptors (Lipinski definition) is 4. The third kappa shape index (κ3) is 6.43. The number of carbonyl (C=O) groups is 1. The summed E-state index contributed by atoms with van der Waals surface area (Å²) < 4.78 is 22.6. The van der Waals surface area contributed by atoms with Crippen molar-refractivity contribution in [3.05, 3.63) is 35.4 Å². The van der Waals surface area contributed by atoms with Crippen LogP contribution in [0.4, 0.5) is 0 Å². The van der Waals surface area contributed by atoms with Gasteiger partial charge in [-0.05, 0) is 24.3 Å². The van der Waals surface area contributed by atoms with E-state index in [1.54, 1.807) is 31.2 Å². The molecular formula is C15H19NO4S. The first-order valence-electron chi connectivity index (χ1n) is 6.67. The molecule has 6 heteroatoms. The number of benzene rings is 1. The van der Waals surface area contributed by atoms with Gasteiger partial charge >= 0.3 is 0 Å². The number of aliphatic hydroxyl groups excluding tert-OH is 1. The lowest BCUT2D eigenvalue weighted by atomic mass is 10.1. The van der Waals surface area contributed by atoms with Crippen LogP contribution in [0.2, 0.25) is 0 Å². The number of hydrogen-bond donors (Lipinski definition) is 2. The van der Waals surface area contributed by atoms with Crippen LogP contribution in [0, 0.1) is 11.8 Å². The molecule has 1 aromatic carbocycles. The predicted octanol–water partition coefficient (Wildman–Crippen LogP) is 0.585. The molecule has 1 aromatic rings. The van der Waals surface area contributed by atoms with E-state index in [1.165, 1.54) is 0 Å². The van der Waals surface area contributed by atoms with E-state index in [-0.39, 0.29) is 30.6 Å². The fourth-order valence-electron chi connectivity index (χ4n) is 1.49. The molecule has 0 unspecified atom stereocenters. The lowest BCUT2D eigenvalue weighted by Crippen LogP contribution is -2.29. The molecule has 0 saturated heterocycles. The Hall–Kier alpha value is -1.84. The zero-order chi connectivity index (χ0) is 15.7. The van der Waals surface area contributed by atoms with Gasteiger partial charge in [-0.15, -0.1) is 0 Å². The molecule has 0 fully saturated rings. The average Bonchev–Trinajstić information content (AvgIpc) is 2.48. The minimum absolute atomic E-state index is 0.0220. The normalized spacial score (nSPS) is 10.6. The van der Waals surface area contributed by atoms with Gasteiger partial charge in [-0.25, -0.2) is 8.42 Å². The first kappa shape index (κ1) is 17.2. The molecule has 0 radical (unpaired) electrons. The van der Waals surface area contributed by atoms with Crippen molar-refractivity contribution in [3.63, 3.8) is 0 Å². The summed E-state index contributed by atoms with van der Waals surface area (Å²) in [5.41, 5.74) is 1.21. The van der Waals surface area contributed by atoms with Gasteiger partial charge in [-0.2, -0.15) is 0 Å². The highest BCUT2D eigenvalue weighted by atomic mass is 32.2. The molecule has 5 nitrogen and oxygen atoms in total. The van der Waals surface area contributed by atoms with Gasteiger partial charge in [0, 0.05) is 29.8 Å². The van der Waals surface area contributed by atoms with E-state index >= 15 is 0 Å². The molecule has 0 heterocycles. The minimum atomic E-state index is -3.07. The summed E-state index contributed by atoms with van der Waals surface area (Å²) in [5, 5.41) is 11.2. The Morgan fingerprint density at radius 1 is 1.29 bits per heavy atom. The molecule has 1 rings (SSSR count). The zero-order valence-electron chi connectivity index (χ0n) is 11.9. The number of sulfone groups is 1. The fraction of sp³-hybridized carbons (Fsp3) is 0.400. The summed E-state index contributed by atoms with van der Waals surface area (Å²) >= 11 is 0. The zero-order valence-corrected chi connectivity index (χ0v) is 12.7. The van der Waals surface area contributed by atoms with Gasteiger partial charge in [0.05, 0.1) is 12.4 Å². The van der Waals surface area contributed by atoms with Crippen LogP contribution in [0.5, 0.6) is 0 Å². The standard InChI is InChI=1S/C15H19NO4S/c1-2-21(19,20)12-10-16-15(18)14-8-6-13(7-9-14)5-3-4-11-17/h6-9,17H,2,4,10-12H2,1H3,(H,16,18). The van der Waals surface area contributed by atoms with Gasteiger partial charge in [0.1, 0.15) is 0 Å². The Labute approximate surface area is 125 Å². The first-order valence-corrected chi connectivity index (χ1v) is 8.49. The summed E-state index contributed by atoms with van der Waals surface area (Å²) in [7, 11) is -3.07. The number of aliphatic hydroxyl groups is 1. The van der Waals surface area contributed by atoms with E-state index in [0.29, 0.717) is 12.0 Å². The van der Waals surface area contributed by atoms with Crippen LogP contribution < -0.4 is 5.32 Å². The summed E-state index contributed by atoms with van der Waals surface area (Å²) in [6.07, 6.45) is 0.411. The summed E-state index contributed by atoms with van der Waals surface area (Å²) in [4.78, 5) is 11.8. The van der Waals surface area contributed by atoms with E-state index < -0.39 is 9.84 Å². The van der Waals surface area contributed by atoms with Gasteiger partial charge in [-0.3, -0.25) is 4.79 Å². The molecule has 114 valence electrons. The lowest BCUT2D eigenvalue weighted by Gasteiger charge is -2.05. The summed E-state index contributed by atoms with van der Waals surface area (Å²) in [6.45, 7) is 1.70. The van der Waals surface area contributed by atoms with E-state index in [2.05, 4.69) is 17.2 Å². The Kier molecular flexibility index (Phi) is 6.92. The van der Waals surface area contributed by atoms with E-state index in [9.17, 15) is 13.2 Å². The van der Waals surface area contributed by atoms with Gasteiger partial charge in [-0.1, -0.05) is 18.8 Å². The molecular weight excluding hydrogens is 290 g/mol. The van der Waals surface area contributed by atoms with Crippen molar-refractivity contribution in [2.75, 3.05) is 24.7 Å². The second kappa shape index (κ2) is 8.45. The highest BCUT2D eigenvalue weighted by Crippen LogP contribution is 2.03. The quantitative estimate of drug-likeness (QED) is 0.753. The van der Waals surface area contributed by atoms with Crippen LogP contribution >= 0.6 is 0 Å². The molecule has 0 aromatic heterocycles. The fourth-order valence-corrected chi connectivity index (χ4v) is 2.19. The highest BCUT2D eigenvalue weighted by Gasteiger charge is 2.09. The molecule has 0 saturated carbocycles. The molecule has 0 atom stereocenters. The van der Waals surface area contributed by atoms with Gasteiger partial charge in [0.15, 0.2) is 9.84 Å². The Morgan fingerprint density at radius 3 is 2.52 bits per heavy atom. The molecule has 21 heavy (non-hydrogen) atoms. The Balaban J connectivity index is 2.54. The number of rotatable bonds is 6. The molecule has 0 bridgehead atoms. The third-order valence-electron chi connectivity index (χ3n) is 2.76. The maximum absolute atomic E-state index is 11.8. The summed E-state index contributed by atoms with van der Waals surface area (Å²) in [5.74, 6) is 5.36.